The summed E-state index contributed by atoms with van der Waals surface area (Å²) in [4.78, 5) is 31.3. The van der Waals surface area contributed by atoms with Crippen LogP contribution in [0.1, 0.15) is 65.1 Å². The SMILES string of the molecule is CC(N)c1ccc(C(=O)N2CC(c3ccc(F)cc3)CC2(I)C(=O)N2CCC(c3ccccc3)C2)o1. The minimum atomic E-state index is -1.08. The summed E-state index contributed by atoms with van der Waals surface area (Å²) in [7, 11) is 0. The molecular weight excluding hydrogens is 572 g/mol. The molecule has 36 heavy (non-hydrogen) atoms. The predicted octanol–water partition coefficient (Wildman–Crippen LogP) is 5.22. The van der Waals surface area contributed by atoms with Gasteiger partial charge in [0, 0.05) is 31.5 Å². The number of likely N-dealkylation sites (tertiary alicyclic amines) is 2. The summed E-state index contributed by atoms with van der Waals surface area (Å²) in [5.41, 5.74) is 8.05. The molecule has 4 unspecified atom stereocenters. The summed E-state index contributed by atoms with van der Waals surface area (Å²) in [6.07, 6.45) is 1.32. The number of amides is 2. The quantitative estimate of drug-likeness (QED) is 0.247. The van der Waals surface area contributed by atoms with E-state index in [-0.39, 0.29) is 41.3 Å². The fourth-order valence-corrected chi connectivity index (χ4v) is 6.59. The number of alkyl halides is 1. The molecule has 6 nitrogen and oxygen atoms in total. The molecule has 2 aromatic carbocycles. The Bertz CT molecular complexity index is 1250. The third kappa shape index (κ3) is 4.68. The van der Waals surface area contributed by atoms with Gasteiger partial charge in [0.25, 0.3) is 11.8 Å². The Morgan fingerprint density at radius 3 is 2.39 bits per heavy atom. The first-order valence-electron chi connectivity index (χ1n) is 12.2. The molecule has 2 saturated heterocycles. The van der Waals surface area contributed by atoms with Gasteiger partial charge in [0.05, 0.1) is 6.04 Å². The maximum atomic E-state index is 14.1. The lowest BCUT2D eigenvalue weighted by molar-refractivity contribution is -0.135. The molecule has 3 aromatic rings. The summed E-state index contributed by atoms with van der Waals surface area (Å²) in [6, 6.07) is 19.5. The minimum Gasteiger partial charge on any atom is -0.454 e. The highest BCUT2D eigenvalue weighted by atomic mass is 127. The van der Waals surface area contributed by atoms with Gasteiger partial charge < -0.3 is 20.0 Å². The lowest BCUT2D eigenvalue weighted by Crippen LogP contribution is -2.53. The second-order valence-electron chi connectivity index (χ2n) is 9.77. The summed E-state index contributed by atoms with van der Waals surface area (Å²) >= 11 is 2.15. The van der Waals surface area contributed by atoms with E-state index in [2.05, 4.69) is 34.7 Å². The van der Waals surface area contributed by atoms with Gasteiger partial charge in [-0.3, -0.25) is 9.59 Å². The Hall–Kier alpha value is -2.72. The molecular formula is C28H29FIN3O3. The van der Waals surface area contributed by atoms with Crippen LogP contribution in [0.15, 0.2) is 71.1 Å². The average molecular weight is 601 g/mol. The van der Waals surface area contributed by atoms with Crippen LogP contribution in [-0.2, 0) is 4.79 Å². The van der Waals surface area contributed by atoms with E-state index in [1.165, 1.54) is 17.7 Å². The molecule has 188 valence electrons. The van der Waals surface area contributed by atoms with E-state index in [0.29, 0.717) is 31.8 Å². The first-order valence-corrected chi connectivity index (χ1v) is 13.3. The third-order valence-electron chi connectivity index (χ3n) is 7.29. The largest absolute Gasteiger partial charge is 0.454 e. The van der Waals surface area contributed by atoms with Crippen molar-refractivity contribution < 1.29 is 18.4 Å². The Labute approximate surface area is 223 Å². The zero-order valence-corrected chi connectivity index (χ0v) is 22.2. The fraction of sp³-hybridized carbons (Fsp3) is 0.357. The van der Waals surface area contributed by atoms with E-state index in [4.69, 9.17) is 10.2 Å². The smallest absolute Gasteiger partial charge is 0.291 e. The number of halogens is 2. The molecule has 2 aliphatic heterocycles. The molecule has 1 aromatic heterocycles. The van der Waals surface area contributed by atoms with Crippen LogP contribution in [0.4, 0.5) is 4.39 Å². The molecule has 3 heterocycles. The van der Waals surface area contributed by atoms with Crippen molar-refractivity contribution in [1.29, 1.82) is 0 Å². The van der Waals surface area contributed by atoms with E-state index in [0.717, 1.165) is 12.0 Å². The molecule has 0 radical (unpaired) electrons. The molecule has 8 heteroatoms. The predicted molar refractivity (Wildman–Crippen MR) is 143 cm³/mol. The van der Waals surface area contributed by atoms with Crippen LogP contribution >= 0.6 is 22.6 Å². The number of carbonyl (C=O) groups excluding carboxylic acids is 2. The lowest BCUT2D eigenvalue weighted by Gasteiger charge is -2.34. The number of hydrogen-bond acceptors (Lipinski definition) is 4. The van der Waals surface area contributed by atoms with E-state index >= 15 is 0 Å². The van der Waals surface area contributed by atoms with E-state index in [9.17, 15) is 14.0 Å². The number of carbonyl (C=O) groups is 2. The zero-order valence-electron chi connectivity index (χ0n) is 20.1. The van der Waals surface area contributed by atoms with Gasteiger partial charge in [-0.25, -0.2) is 4.39 Å². The van der Waals surface area contributed by atoms with Crippen molar-refractivity contribution in [2.45, 2.75) is 41.2 Å². The van der Waals surface area contributed by atoms with Crippen molar-refractivity contribution in [3.05, 3.63) is 95.2 Å². The molecule has 2 aliphatic rings. The summed E-state index contributed by atoms with van der Waals surface area (Å²) in [5.74, 6) is 0.122. The topological polar surface area (TPSA) is 79.8 Å². The van der Waals surface area contributed by atoms with Crippen molar-refractivity contribution in [2.24, 2.45) is 5.73 Å². The van der Waals surface area contributed by atoms with E-state index in [1.807, 2.05) is 23.1 Å². The van der Waals surface area contributed by atoms with Crippen LogP contribution in [-0.4, -0.2) is 44.8 Å². The first-order chi connectivity index (χ1) is 17.3. The van der Waals surface area contributed by atoms with Crippen molar-refractivity contribution in [2.75, 3.05) is 19.6 Å². The second-order valence-corrected chi connectivity index (χ2v) is 11.6. The molecule has 2 fully saturated rings. The Kier molecular flexibility index (Phi) is 6.91. The van der Waals surface area contributed by atoms with Gasteiger partial charge in [0.2, 0.25) is 0 Å². The molecule has 2 N–H and O–H groups in total. The lowest BCUT2D eigenvalue weighted by atomic mass is 9.96. The van der Waals surface area contributed by atoms with Gasteiger partial charge in [-0.15, -0.1) is 0 Å². The van der Waals surface area contributed by atoms with Crippen LogP contribution < -0.4 is 5.73 Å². The zero-order chi connectivity index (χ0) is 25.4. The highest BCUT2D eigenvalue weighted by Gasteiger charge is 2.54. The van der Waals surface area contributed by atoms with Gasteiger partial charge in [0.1, 0.15) is 11.6 Å². The highest BCUT2D eigenvalue weighted by Crippen LogP contribution is 2.46. The number of furan rings is 1. The van der Waals surface area contributed by atoms with Gasteiger partial charge in [-0.05, 0) is 77.7 Å². The number of nitrogens with two attached hydrogens (primary N) is 1. The maximum absolute atomic E-state index is 14.1. The molecule has 0 aliphatic carbocycles. The van der Waals surface area contributed by atoms with Gasteiger partial charge in [-0.2, -0.15) is 0 Å². The molecule has 0 bridgehead atoms. The number of nitrogens with zero attached hydrogens (tertiary/aromatic N) is 2. The fourth-order valence-electron chi connectivity index (χ4n) is 5.30. The second kappa shape index (κ2) is 9.97. The normalized spacial score (nSPS) is 24.8. The van der Waals surface area contributed by atoms with Gasteiger partial charge in [-0.1, -0.05) is 42.5 Å². The molecule has 0 spiro atoms. The molecule has 0 saturated carbocycles. The van der Waals surface area contributed by atoms with Crippen LogP contribution in [0.3, 0.4) is 0 Å². The highest BCUT2D eigenvalue weighted by molar-refractivity contribution is 14.1. The molecule has 4 atom stereocenters. The van der Waals surface area contributed by atoms with Crippen molar-refractivity contribution >= 4 is 34.4 Å². The van der Waals surface area contributed by atoms with Crippen LogP contribution in [0, 0.1) is 5.82 Å². The first kappa shape index (κ1) is 25.0. The van der Waals surface area contributed by atoms with Crippen LogP contribution in [0.25, 0.3) is 0 Å². The number of benzene rings is 2. The van der Waals surface area contributed by atoms with Crippen molar-refractivity contribution in [1.82, 2.24) is 9.80 Å². The van der Waals surface area contributed by atoms with E-state index in [1.54, 1.807) is 36.1 Å². The molecule has 2 amide bonds. The number of rotatable bonds is 5. The minimum absolute atomic E-state index is 0.0709. The van der Waals surface area contributed by atoms with Crippen LogP contribution in [0.2, 0.25) is 0 Å². The summed E-state index contributed by atoms with van der Waals surface area (Å²) < 4.78 is 18.3. The van der Waals surface area contributed by atoms with Gasteiger partial charge >= 0.3 is 0 Å². The Morgan fingerprint density at radius 1 is 1.03 bits per heavy atom. The average Bonchev–Trinajstić information content (AvgIpc) is 3.63. The summed E-state index contributed by atoms with van der Waals surface area (Å²) in [5, 5.41) is 0. The van der Waals surface area contributed by atoms with Crippen LogP contribution in [0.5, 0.6) is 0 Å². The van der Waals surface area contributed by atoms with E-state index < -0.39 is 3.55 Å². The van der Waals surface area contributed by atoms with Crippen molar-refractivity contribution in [3.63, 3.8) is 0 Å². The maximum Gasteiger partial charge on any atom is 0.291 e. The van der Waals surface area contributed by atoms with Gasteiger partial charge in [0.15, 0.2) is 9.31 Å². The van der Waals surface area contributed by atoms with Crippen molar-refractivity contribution in [3.8, 4) is 0 Å². The Balaban J connectivity index is 1.43. The Morgan fingerprint density at radius 2 is 1.72 bits per heavy atom. The third-order valence-corrected chi connectivity index (χ3v) is 8.78. The number of hydrogen-bond donors (Lipinski definition) is 1. The monoisotopic (exact) mass is 601 g/mol. The molecule has 5 rings (SSSR count). The summed E-state index contributed by atoms with van der Waals surface area (Å²) in [6.45, 7) is 3.38. The standard InChI is InChI=1S/C28H29FIN3O3/c1-18(31)24-11-12-25(36-24)26(34)33-17-22(20-7-9-23(29)10-8-20)15-28(33,30)27(35)32-14-13-21(16-32)19-5-3-2-4-6-19/h2-12,18,21-22H,13-17,31H2,1H3.